The largest absolute Gasteiger partial charge is 0.493 e. The van der Waals surface area contributed by atoms with Gasteiger partial charge in [-0.25, -0.2) is 0 Å². The van der Waals surface area contributed by atoms with E-state index in [9.17, 15) is 0 Å². The average Bonchev–Trinajstić information content (AvgIpc) is 3.07. The third-order valence-corrected chi connectivity index (χ3v) is 5.48. The van der Waals surface area contributed by atoms with Gasteiger partial charge in [0.1, 0.15) is 11.6 Å². The first-order valence-corrected chi connectivity index (χ1v) is 10.4. The van der Waals surface area contributed by atoms with Gasteiger partial charge in [0, 0.05) is 17.2 Å². The summed E-state index contributed by atoms with van der Waals surface area (Å²) in [7, 11) is 0. The van der Waals surface area contributed by atoms with E-state index in [1.807, 2.05) is 54.6 Å². The van der Waals surface area contributed by atoms with E-state index in [1.165, 1.54) is 4.90 Å². The molecule has 134 valence electrons. The Morgan fingerprint density at radius 3 is 2.42 bits per heavy atom. The predicted octanol–water partition coefficient (Wildman–Crippen LogP) is 4.93. The minimum atomic E-state index is 0.629. The fourth-order valence-electron chi connectivity index (χ4n) is 2.32. The maximum atomic E-state index is 5.74. The number of aromatic nitrogens is 3. The fourth-order valence-corrected chi connectivity index (χ4v) is 3.96. The standard InChI is InChI=1S/C20H21N3OS2/c1-2-13-23-19(16-26-18-11-7-4-8-12-18)21-22-20(23)25-15-14-24-17-9-5-3-6-10-17/h2-12H,1,13-16H2. The summed E-state index contributed by atoms with van der Waals surface area (Å²) in [6, 6.07) is 20.2. The lowest BCUT2D eigenvalue weighted by atomic mass is 10.3. The predicted molar refractivity (Wildman–Crippen MR) is 109 cm³/mol. The fraction of sp³-hybridized carbons (Fsp3) is 0.200. The molecule has 0 saturated carbocycles. The smallest absolute Gasteiger partial charge is 0.191 e. The number of allylic oxidation sites excluding steroid dienone is 1. The van der Waals surface area contributed by atoms with Crippen LogP contribution in [0.4, 0.5) is 0 Å². The van der Waals surface area contributed by atoms with Crippen molar-refractivity contribution in [3.8, 4) is 5.75 Å². The first-order chi connectivity index (χ1) is 12.9. The number of nitrogens with zero attached hydrogens (tertiary/aromatic N) is 3. The summed E-state index contributed by atoms with van der Waals surface area (Å²) in [6.45, 7) is 5.19. The lowest BCUT2D eigenvalue weighted by molar-refractivity contribution is 0.344. The monoisotopic (exact) mass is 383 g/mol. The normalized spacial score (nSPS) is 10.6. The van der Waals surface area contributed by atoms with Crippen molar-refractivity contribution in [2.75, 3.05) is 12.4 Å². The van der Waals surface area contributed by atoms with Crippen molar-refractivity contribution in [2.45, 2.75) is 22.3 Å². The van der Waals surface area contributed by atoms with E-state index < -0.39 is 0 Å². The van der Waals surface area contributed by atoms with Crippen LogP contribution in [0.3, 0.4) is 0 Å². The molecule has 26 heavy (non-hydrogen) atoms. The van der Waals surface area contributed by atoms with Crippen molar-refractivity contribution in [1.82, 2.24) is 14.8 Å². The average molecular weight is 384 g/mol. The van der Waals surface area contributed by atoms with Gasteiger partial charge in [0.15, 0.2) is 5.16 Å². The molecule has 1 heterocycles. The molecule has 0 aliphatic carbocycles. The van der Waals surface area contributed by atoms with E-state index in [2.05, 4.69) is 33.5 Å². The van der Waals surface area contributed by atoms with E-state index in [1.54, 1.807) is 23.5 Å². The van der Waals surface area contributed by atoms with Crippen molar-refractivity contribution in [2.24, 2.45) is 0 Å². The van der Waals surface area contributed by atoms with Gasteiger partial charge in [-0.2, -0.15) is 0 Å². The van der Waals surface area contributed by atoms with Crippen molar-refractivity contribution in [1.29, 1.82) is 0 Å². The second-order valence-corrected chi connectivity index (χ2v) is 7.52. The Hall–Kier alpha value is -2.18. The molecule has 0 amide bonds. The Bertz CT molecular complexity index is 806. The Morgan fingerprint density at radius 1 is 0.962 bits per heavy atom. The van der Waals surface area contributed by atoms with Crippen LogP contribution < -0.4 is 4.74 Å². The number of rotatable bonds is 10. The molecule has 2 aromatic carbocycles. The highest BCUT2D eigenvalue weighted by Crippen LogP contribution is 2.24. The maximum Gasteiger partial charge on any atom is 0.191 e. The van der Waals surface area contributed by atoms with Crippen LogP contribution in [-0.4, -0.2) is 27.1 Å². The van der Waals surface area contributed by atoms with E-state index in [4.69, 9.17) is 4.74 Å². The summed E-state index contributed by atoms with van der Waals surface area (Å²) in [6.07, 6.45) is 1.88. The molecule has 0 atom stereocenters. The topological polar surface area (TPSA) is 39.9 Å². The molecule has 3 rings (SSSR count). The number of ether oxygens (including phenoxy) is 1. The summed E-state index contributed by atoms with van der Waals surface area (Å²) >= 11 is 3.42. The number of thioether (sulfide) groups is 2. The summed E-state index contributed by atoms with van der Waals surface area (Å²) in [5.74, 6) is 3.45. The molecular weight excluding hydrogens is 362 g/mol. The van der Waals surface area contributed by atoms with Crippen molar-refractivity contribution in [3.63, 3.8) is 0 Å². The Morgan fingerprint density at radius 2 is 1.69 bits per heavy atom. The number of hydrogen-bond donors (Lipinski definition) is 0. The van der Waals surface area contributed by atoms with E-state index in [0.717, 1.165) is 28.2 Å². The van der Waals surface area contributed by atoms with Crippen LogP contribution in [0.5, 0.6) is 5.75 Å². The first kappa shape index (κ1) is 18.6. The molecule has 0 unspecified atom stereocenters. The summed E-state index contributed by atoms with van der Waals surface area (Å²) < 4.78 is 7.86. The first-order valence-electron chi connectivity index (χ1n) is 8.38. The quantitative estimate of drug-likeness (QED) is 0.282. The Balaban J connectivity index is 1.55. The second-order valence-electron chi connectivity index (χ2n) is 5.41. The highest BCUT2D eigenvalue weighted by Gasteiger charge is 2.12. The van der Waals surface area contributed by atoms with E-state index >= 15 is 0 Å². The van der Waals surface area contributed by atoms with Gasteiger partial charge in [0.05, 0.1) is 12.4 Å². The van der Waals surface area contributed by atoms with Gasteiger partial charge in [0.2, 0.25) is 0 Å². The zero-order valence-electron chi connectivity index (χ0n) is 14.5. The Kier molecular flexibility index (Phi) is 7.22. The van der Waals surface area contributed by atoms with Gasteiger partial charge in [-0.3, -0.25) is 0 Å². The Labute approximate surface area is 162 Å². The molecular formula is C20H21N3OS2. The van der Waals surface area contributed by atoms with E-state index in [0.29, 0.717) is 13.2 Å². The molecule has 0 bridgehead atoms. The van der Waals surface area contributed by atoms with Crippen LogP contribution in [0.15, 0.2) is 83.4 Å². The van der Waals surface area contributed by atoms with Crippen molar-refractivity contribution < 1.29 is 4.74 Å². The molecule has 6 heteroatoms. The van der Waals surface area contributed by atoms with Crippen LogP contribution in [0.25, 0.3) is 0 Å². The lowest BCUT2D eigenvalue weighted by Crippen LogP contribution is -2.05. The van der Waals surface area contributed by atoms with Crippen molar-refractivity contribution >= 4 is 23.5 Å². The van der Waals surface area contributed by atoms with Gasteiger partial charge in [0.25, 0.3) is 0 Å². The number of hydrogen-bond acceptors (Lipinski definition) is 5. The van der Waals surface area contributed by atoms with Crippen LogP contribution in [0.2, 0.25) is 0 Å². The highest BCUT2D eigenvalue weighted by molar-refractivity contribution is 7.99. The summed E-state index contributed by atoms with van der Waals surface area (Å²) in [5.41, 5.74) is 0. The summed E-state index contributed by atoms with van der Waals surface area (Å²) in [5, 5.41) is 9.63. The minimum absolute atomic E-state index is 0.629. The third kappa shape index (κ3) is 5.41. The van der Waals surface area contributed by atoms with Gasteiger partial charge in [-0.15, -0.1) is 28.5 Å². The van der Waals surface area contributed by atoms with Crippen LogP contribution in [-0.2, 0) is 12.3 Å². The molecule has 0 aliphatic heterocycles. The number of para-hydroxylation sites is 1. The zero-order valence-corrected chi connectivity index (χ0v) is 16.1. The molecule has 0 spiro atoms. The van der Waals surface area contributed by atoms with Crippen LogP contribution in [0.1, 0.15) is 5.82 Å². The van der Waals surface area contributed by atoms with Gasteiger partial charge in [-0.1, -0.05) is 54.2 Å². The van der Waals surface area contributed by atoms with Gasteiger partial charge in [-0.05, 0) is 24.3 Å². The van der Waals surface area contributed by atoms with E-state index in [-0.39, 0.29) is 0 Å². The molecule has 1 aromatic heterocycles. The second kappa shape index (κ2) is 10.1. The molecule has 0 radical (unpaired) electrons. The third-order valence-electron chi connectivity index (χ3n) is 3.54. The maximum absolute atomic E-state index is 5.74. The van der Waals surface area contributed by atoms with Crippen LogP contribution >= 0.6 is 23.5 Å². The molecule has 3 aromatic rings. The van der Waals surface area contributed by atoms with Gasteiger partial charge < -0.3 is 9.30 Å². The van der Waals surface area contributed by atoms with Crippen molar-refractivity contribution in [3.05, 3.63) is 79.1 Å². The van der Waals surface area contributed by atoms with Gasteiger partial charge >= 0.3 is 0 Å². The molecule has 4 nitrogen and oxygen atoms in total. The zero-order chi connectivity index (χ0) is 18.0. The summed E-state index contributed by atoms with van der Waals surface area (Å²) in [4.78, 5) is 1.23. The SMILES string of the molecule is C=CCn1c(CSc2ccccc2)nnc1SCCOc1ccccc1. The molecule has 0 saturated heterocycles. The lowest BCUT2D eigenvalue weighted by Gasteiger charge is -2.08. The minimum Gasteiger partial charge on any atom is -0.493 e. The number of benzene rings is 2. The van der Waals surface area contributed by atoms with Crippen LogP contribution in [0, 0.1) is 0 Å². The highest BCUT2D eigenvalue weighted by atomic mass is 32.2. The molecule has 0 fully saturated rings. The molecule has 0 aliphatic rings. The molecule has 0 N–H and O–H groups in total.